The smallest absolute Gasteiger partial charge is 0.266 e. The number of hydrogen-bond donors (Lipinski definition) is 1. The van der Waals surface area contributed by atoms with Gasteiger partial charge in [-0.1, -0.05) is 56.0 Å². The summed E-state index contributed by atoms with van der Waals surface area (Å²) >= 11 is 6.45. The summed E-state index contributed by atoms with van der Waals surface area (Å²) in [7, 11) is 0. The summed E-state index contributed by atoms with van der Waals surface area (Å²) in [6.07, 6.45) is 5.85. The van der Waals surface area contributed by atoms with Crippen LogP contribution < -0.4 is 14.8 Å². The number of nitrogens with one attached hydrogen (secondary N) is 1. The van der Waals surface area contributed by atoms with Crippen LogP contribution in [0.3, 0.4) is 0 Å². The van der Waals surface area contributed by atoms with E-state index in [9.17, 15) is 10.1 Å². The number of rotatable bonds is 11. The lowest BCUT2D eigenvalue weighted by Crippen LogP contribution is -2.14. The minimum atomic E-state index is -0.484. The molecular formula is C25H29ClN2O3. The van der Waals surface area contributed by atoms with Gasteiger partial charge < -0.3 is 14.8 Å². The van der Waals surface area contributed by atoms with Crippen LogP contribution in [0.15, 0.2) is 42.0 Å². The number of anilines is 1. The Hall–Kier alpha value is -2.97. The number of nitriles is 1. The van der Waals surface area contributed by atoms with E-state index in [2.05, 4.69) is 12.2 Å². The van der Waals surface area contributed by atoms with E-state index < -0.39 is 5.91 Å². The first-order valence-corrected chi connectivity index (χ1v) is 11.0. The van der Waals surface area contributed by atoms with Gasteiger partial charge in [0, 0.05) is 5.69 Å². The first-order chi connectivity index (χ1) is 15.0. The van der Waals surface area contributed by atoms with Crippen LogP contribution in [0.1, 0.15) is 50.7 Å². The highest BCUT2D eigenvalue weighted by molar-refractivity contribution is 6.32. The minimum absolute atomic E-state index is 0.0324. The first-order valence-electron chi connectivity index (χ1n) is 10.6. The Bertz CT molecular complexity index is 964. The highest BCUT2D eigenvalue weighted by atomic mass is 35.5. The Balaban J connectivity index is 2.23. The number of para-hydroxylation sites is 1. The zero-order chi connectivity index (χ0) is 22.6. The van der Waals surface area contributed by atoms with Crippen molar-refractivity contribution in [2.24, 2.45) is 0 Å². The first kappa shape index (κ1) is 24.3. The molecule has 0 heterocycles. The van der Waals surface area contributed by atoms with Crippen molar-refractivity contribution in [3.8, 4) is 17.6 Å². The molecule has 2 aromatic carbocycles. The Morgan fingerprint density at radius 1 is 1.16 bits per heavy atom. The number of carbonyl (C=O) groups excluding carboxylic acids is 1. The Kier molecular flexibility index (Phi) is 9.93. The van der Waals surface area contributed by atoms with Gasteiger partial charge in [0.05, 0.1) is 18.2 Å². The molecule has 164 valence electrons. The van der Waals surface area contributed by atoms with Gasteiger partial charge >= 0.3 is 0 Å². The third kappa shape index (κ3) is 7.34. The second-order valence-corrected chi connectivity index (χ2v) is 7.52. The van der Waals surface area contributed by atoms with E-state index in [-0.39, 0.29) is 5.57 Å². The number of ether oxygens (including phenoxy) is 2. The van der Waals surface area contributed by atoms with Crippen LogP contribution in [0.5, 0.6) is 11.5 Å². The molecule has 0 aliphatic carbocycles. The van der Waals surface area contributed by atoms with E-state index in [1.54, 1.807) is 18.2 Å². The van der Waals surface area contributed by atoms with Crippen molar-refractivity contribution >= 4 is 29.3 Å². The number of nitrogens with zero attached hydrogens (tertiary/aromatic N) is 1. The van der Waals surface area contributed by atoms with E-state index in [1.807, 2.05) is 38.1 Å². The molecule has 0 aliphatic rings. The van der Waals surface area contributed by atoms with Crippen LogP contribution >= 0.6 is 11.6 Å². The Morgan fingerprint density at radius 2 is 1.94 bits per heavy atom. The summed E-state index contributed by atoms with van der Waals surface area (Å²) in [5, 5.41) is 12.7. The van der Waals surface area contributed by atoms with Crippen molar-refractivity contribution in [3.05, 3.63) is 58.1 Å². The number of aryl methyl sites for hydroxylation is 1. The summed E-state index contributed by atoms with van der Waals surface area (Å²) < 4.78 is 11.6. The molecule has 0 saturated heterocycles. The van der Waals surface area contributed by atoms with Crippen molar-refractivity contribution in [1.29, 1.82) is 5.26 Å². The third-order valence-corrected chi connectivity index (χ3v) is 4.93. The molecule has 0 unspecified atom stereocenters. The zero-order valence-corrected chi connectivity index (χ0v) is 19.1. The van der Waals surface area contributed by atoms with E-state index in [0.29, 0.717) is 41.0 Å². The van der Waals surface area contributed by atoms with Crippen LogP contribution in [0.25, 0.3) is 6.08 Å². The van der Waals surface area contributed by atoms with Gasteiger partial charge in [-0.2, -0.15) is 5.26 Å². The van der Waals surface area contributed by atoms with Gasteiger partial charge in [-0.15, -0.1) is 0 Å². The highest BCUT2D eigenvalue weighted by Crippen LogP contribution is 2.37. The molecule has 0 aliphatic heterocycles. The fourth-order valence-electron chi connectivity index (χ4n) is 3.00. The molecule has 1 amide bonds. The minimum Gasteiger partial charge on any atom is -0.490 e. The molecular weight excluding hydrogens is 412 g/mol. The van der Waals surface area contributed by atoms with Crippen LogP contribution in [0.4, 0.5) is 5.69 Å². The lowest BCUT2D eigenvalue weighted by Gasteiger charge is -2.14. The van der Waals surface area contributed by atoms with Gasteiger partial charge in [-0.25, -0.2) is 0 Å². The van der Waals surface area contributed by atoms with Crippen molar-refractivity contribution in [3.63, 3.8) is 0 Å². The molecule has 0 bridgehead atoms. The Labute approximate surface area is 189 Å². The molecule has 1 N–H and O–H groups in total. The molecule has 5 nitrogen and oxygen atoms in total. The average Bonchev–Trinajstić information content (AvgIpc) is 2.75. The van der Waals surface area contributed by atoms with E-state index in [1.165, 1.54) is 12.5 Å². The number of amides is 1. The summed E-state index contributed by atoms with van der Waals surface area (Å²) in [5.41, 5.74) is 2.13. The van der Waals surface area contributed by atoms with Gasteiger partial charge in [0.1, 0.15) is 11.6 Å². The number of unbranched alkanes of at least 4 members (excludes halogenated alkanes) is 3. The standard InChI is InChI=1S/C25H29ClN2O3/c1-4-6-7-10-13-31-24-21(26)15-19(16-23(24)30-5-2)14-20(17-27)25(29)28-22-12-9-8-11-18(22)3/h8-9,11-12,14-16H,4-7,10,13H2,1-3H3,(H,28,29)/b20-14-. The lowest BCUT2D eigenvalue weighted by molar-refractivity contribution is -0.112. The average molecular weight is 441 g/mol. The summed E-state index contributed by atoms with van der Waals surface area (Å²) in [5.74, 6) is 0.496. The maximum absolute atomic E-state index is 12.6. The molecule has 31 heavy (non-hydrogen) atoms. The van der Waals surface area contributed by atoms with E-state index in [0.717, 1.165) is 24.8 Å². The van der Waals surface area contributed by atoms with Gasteiger partial charge in [0.15, 0.2) is 11.5 Å². The second-order valence-electron chi connectivity index (χ2n) is 7.11. The quantitative estimate of drug-likeness (QED) is 0.244. The monoisotopic (exact) mass is 440 g/mol. The van der Waals surface area contributed by atoms with Crippen LogP contribution in [-0.4, -0.2) is 19.1 Å². The van der Waals surface area contributed by atoms with Crippen molar-refractivity contribution in [2.75, 3.05) is 18.5 Å². The third-order valence-electron chi connectivity index (χ3n) is 4.65. The van der Waals surface area contributed by atoms with Crippen molar-refractivity contribution < 1.29 is 14.3 Å². The Morgan fingerprint density at radius 3 is 2.61 bits per heavy atom. The van der Waals surface area contributed by atoms with Crippen molar-refractivity contribution in [1.82, 2.24) is 0 Å². The summed E-state index contributed by atoms with van der Waals surface area (Å²) in [6, 6.07) is 12.8. The molecule has 0 saturated carbocycles. The predicted octanol–water partition coefficient (Wildman–Crippen LogP) is 6.55. The normalized spacial score (nSPS) is 11.0. The van der Waals surface area contributed by atoms with Gasteiger partial charge in [-0.05, 0) is 55.7 Å². The predicted molar refractivity (Wildman–Crippen MR) is 126 cm³/mol. The SMILES string of the molecule is CCCCCCOc1c(Cl)cc(/C=C(/C#N)C(=O)Nc2ccccc2C)cc1OCC. The number of benzene rings is 2. The van der Waals surface area contributed by atoms with E-state index in [4.69, 9.17) is 21.1 Å². The highest BCUT2D eigenvalue weighted by Gasteiger charge is 2.15. The van der Waals surface area contributed by atoms with Crippen molar-refractivity contribution in [2.45, 2.75) is 46.5 Å². The molecule has 2 aromatic rings. The molecule has 0 fully saturated rings. The molecule has 0 spiro atoms. The second kappa shape index (κ2) is 12.7. The zero-order valence-electron chi connectivity index (χ0n) is 18.3. The largest absolute Gasteiger partial charge is 0.490 e. The maximum atomic E-state index is 12.6. The molecule has 6 heteroatoms. The van der Waals surface area contributed by atoms with Crippen LogP contribution in [-0.2, 0) is 4.79 Å². The van der Waals surface area contributed by atoms with Gasteiger partial charge in [0.25, 0.3) is 5.91 Å². The number of hydrogen-bond acceptors (Lipinski definition) is 4. The fraction of sp³-hybridized carbons (Fsp3) is 0.360. The topological polar surface area (TPSA) is 71.3 Å². The molecule has 2 rings (SSSR count). The molecule has 0 atom stereocenters. The van der Waals surface area contributed by atoms with Crippen LogP contribution in [0.2, 0.25) is 5.02 Å². The molecule has 0 radical (unpaired) electrons. The summed E-state index contributed by atoms with van der Waals surface area (Å²) in [4.78, 5) is 12.6. The van der Waals surface area contributed by atoms with Gasteiger partial charge in [0.2, 0.25) is 0 Å². The lowest BCUT2D eigenvalue weighted by atomic mass is 10.1. The summed E-state index contributed by atoms with van der Waals surface area (Å²) in [6.45, 7) is 6.91. The fourth-order valence-corrected chi connectivity index (χ4v) is 3.27. The number of halogens is 1. The molecule has 0 aromatic heterocycles. The maximum Gasteiger partial charge on any atom is 0.266 e. The number of carbonyl (C=O) groups is 1. The van der Waals surface area contributed by atoms with Crippen LogP contribution in [0, 0.1) is 18.3 Å². The van der Waals surface area contributed by atoms with E-state index >= 15 is 0 Å². The van der Waals surface area contributed by atoms with Gasteiger partial charge in [-0.3, -0.25) is 4.79 Å².